The first-order valence-corrected chi connectivity index (χ1v) is 13.3. The standard InChI is InChI=1S/C27H35N7O4S/c1-27(2,3)38-26(37)32-23-18-39-17-22(23)31-24(35)21-10-9-19(14-29-21)16-34(13-12-33(4)5)25(36)30-15-20-8-6-7-11-28-20/h6-11,14,17-18H,12-13,15-16H2,1-5H3,(H,30,36)(H,31,35)(H,32,37). The van der Waals surface area contributed by atoms with Crippen molar-refractivity contribution in [1.82, 2.24) is 25.1 Å². The van der Waals surface area contributed by atoms with Crippen LogP contribution >= 0.6 is 11.3 Å². The molecule has 3 rings (SSSR count). The van der Waals surface area contributed by atoms with E-state index in [2.05, 4.69) is 25.9 Å². The van der Waals surface area contributed by atoms with Crippen molar-refractivity contribution in [2.24, 2.45) is 0 Å². The maximum absolute atomic E-state index is 12.9. The van der Waals surface area contributed by atoms with Crippen LogP contribution in [-0.4, -0.2) is 70.6 Å². The summed E-state index contributed by atoms with van der Waals surface area (Å²) in [5.74, 6) is -0.426. The van der Waals surface area contributed by atoms with Crippen molar-refractivity contribution in [3.63, 3.8) is 0 Å². The molecule has 3 aromatic rings. The number of rotatable bonds is 10. The minimum Gasteiger partial charge on any atom is -0.444 e. The summed E-state index contributed by atoms with van der Waals surface area (Å²) in [5.41, 5.74) is 1.99. The molecule has 4 amide bonds. The van der Waals surface area contributed by atoms with Gasteiger partial charge in [0.1, 0.15) is 11.3 Å². The molecular weight excluding hydrogens is 518 g/mol. The molecule has 0 bridgehead atoms. The highest BCUT2D eigenvalue weighted by atomic mass is 32.1. The fourth-order valence-corrected chi connectivity index (χ4v) is 4.03. The van der Waals surface area contributed by atoms with Crippen LogP contribution in [0.15, 0.2) is 53.5 Å². The lowest BCUT2D eigenvalue weighted by Gasteiger charge is -2.24. The monoisotopic (exact) mass is 553 g/mol. The van der Waals surface area contributed by atoms with Crippen LogP contribution in [0.1, 0.15) is 42.5 Å². The Kier molecular flexibility index (Phi) is 10.4. The number of urea groups is 1. The molecule has 0 saturated carbocycles. The predicted octanol–water partition coefficient (Wildman–Crippen LogP) is 4.41. The summed E-state index contributed by atoms with van der Waals surface area (Å²) in [5, 5.41) is 11.8. The first-order valence-electron chi connectivity index (χ1n) is 12.4. The predicted molar refractivity (Wildman–Crippen MR) is 152 cm³/mol. The fraction of sp³-hybridized carbons (Fsp3) is 0.370. The number of pyridine rings is 2. The van der Waals surface area contributed by atoms with Crippen molar-refractivity contribution in [1.29, 1.82) is 0 Å². The van der Waals surface area contributed by atoms with Gasteiger partial charge in [-0.05, 0) is 58.6 Å². The second-order valence-electron chi connectivity index (χ2n) is 10.0. The molecule has 0 saturated heterocycles. The Morgan fingerprint density at radius 1 is 0.974 bits per heavy atom. The number of hydrogen-bond donors (Lipinski definition) is 3. The van der Waals surface area contributed by atoms with Crippen LogP contribution in [0.2, 0.25) is 0 Å². The van der Waals surface area contributed by atoms with Gasteiger partial charge >= 0.3 is 12.1 Å². The quantitative estimate of drug-likeness (QED) is 0.339. The van der Waals surface area contributed by atoms with Gasteiger partial charge in [0.05, 0.1) is 23.6 Å². The van der Waals surface area contributed by atoms with Crippen LogP contribution in [0.5, 0.6) is 0 Å². The molecule has 12 heteroatoms. The Bertz CT molecular complexity index is 1240. The second kappa shape index (κ2) is 13.7. The van der Waals surface area contributed by atoms with E-state index in [1.807, 2.05) is 37.2 Å². The first-order chi connectivity index (χ1) is 18.5. The summed E-state index contributed by atoms with van der Waals surface area (Å²) in [4.78, 5) is 50.1. The zero-order valence-corrected chi connectivity index (χ0v) is 23.7. The molecule has 0 atom stereocenters. The molecule has 0 aliphatic carbocycles. The topological polar surface area (TPSA) is 129 Å². The van der Waals surface area contributed by atoms with Crippen molar-refractivity contribution in [3.8, 4) is 0 Å². The summed E-state index contributed by atoms with van der Waals surface area (Å²) in [6, 6.07) is 8.71. The highest BCUT2D eigenvalue weighted by molar-refractivity contribution is 7.09. The number of aromatic nitrogens is 2. The molecule has 0 fully saturated rings. The van der Waals surface area contributed by atoms with Crippen molar-refractivity contribution in [2.75, 3.05) is 37.8 Å². The molecule has 0 aliphatic rings. The highest BCUT2D eigenvalue weighted by Crippen LogP contribution is 2.27. The van der Waals surface area contributed by atoms with E-state index < -0.39 is 17.6 Å². The van der Waals surface area contributed by atoms with Crippen LogP contribution < -0.4 is 16.0 Å². The number of carbonyl (C=O) groups excluding carboxylic acids is 3. The lowest BCUT2D eigenvalue weighted by molar-refractivity contribution is 0.0635. The third-order valence-corrected chi connectivity index (χ3v) is 5.97. The maximum atomic E-state index is 12.9. The van der Waals surface area contributed by atoms with Crippen molar-refractivity contribution in [2.45, 2.75) is 39.5 Å². The van der Waals surface area contributed by atoms with Crippen LogP contribution in [-0.2, 0) is 17.8 Å². The number of anilines is 2. The van der Waals surface area contributed by atoms with E-state index in [0.29, 0.717) is 37.6 Å². The second-order valence-corrected chi connectivity index (χ2v) is 10.8. The molecule has 11 nitrogen and oxygen atoms in total. The molecule has 0 aliphatic heterocycles. The Labute approximate surface area is 232 Å². The largest absolute Gasteiger partial charge is 0.444 e. The third-order valence-electron chi connectivity index (χ3n) is 5.23. The number of likely N-dealkylation sites (N-methyl/N-ethyl adjacent to an activating group) is 1. The number of hydrogen-bond acceptors (Lipinski definition) is 8. The van der Waals surface area contributed by atoms with E-state index in [9.17, 15) is 14.4 Å². The first kappa shape index (κ1) is 29.5. The number of carbonyl (C=O) groups is 3. The summed E-state index contributed by atoms with van der Waals surface area (Å²) in [6.07, 6.45) is 2.66. The maximum Gasteiger partial charge on any atom is 0.412 e. The Morgan fingerprint density at radius 3 is 2.33 bits per heavy atom. The zero-order chi connectivity index (χ0) is 28.4. The van der Waals surface area contributed by atoms with Gasteiger partial charge in [0.2, 0.25) is 0 Å². The van der Waals surface area contributed by atoms with Gasteiger partial charge in [-0.25, -0.2) is 9.59 Å². The molecule has 0 spiro atoms. The van der Waals surface area contributed by atoms with Gasteiger partial charge in [-0.1, -0.05) is 12.1 Å². The van der Waals surface area contributed by atoms with E-state index in [-0.39, 0.29) is 11.7 Å². The third kappa shape index (κ3) is 9.98. The number of ether oxygens (including phenoxy) is 1. The number of nitrogens with one attached hydrogen (secondary N) is 3. The van der Waals surface area contributed by atoms with Gasteiger partial charge in [0, 0.05) is 42.8 Å². The van der Waals surface area contributed by atoms with Crippen LogP contribution in [0, 0.1) is 0 Å². The van der Waals surface area contributed by atoms with E-state index in [1.165, 1.54) is 11.3 Å². The molecule has 3 aromatic heterocycles. The smallest absolute Gasteiger partial charge is 0.412 e. The fourth-order valence-electron chi connectivity index (χ4n) is 3.32. The van der Waals surface area contributed by atoms with Gasteiger partial charge in [0.25, 0.3) is 5.91 Å². The summed E-state index contributed by atoms with van der Waals surface area (Å²) in [6.45, 7) is 7.16. The van der Waals surface area contributed by atoms with Crippen molar-refractivity contribution in [3.05, 3.63) is 70.4 Å². The molecule has 208 valence electrons. The minimum atomic E-state index is -0.642. The SMILES string of the molecule is CN(C)CCN(Cc1ccc(C(=O)Nc2cscc2NC(=O)OC(C)(C)C)nc1)C(=O)NCc1ccccn1. The van der Waals surface area contributed by atoms with Gasteiger partial charge in [-0.2, -0.15) is 0 Å². The van der Waals surface area contributed by atoms with E-state index in [4.69, 9.17) is 4.74 Å². The Hall–Kier alpha value is -4.03. The number of nitrogens with zero attached hydrogens (tertiary/aromatic N) is 4. The average molecular weight is 554 g/mol. The molecule has 0 radical (unpaired) electrons. The van der Waals surface area contributed by atoms with Gasteiger partial charge in [0.15, 0.2) is 0 Å². The summed E-state index contributed by atoms with van der Waals surface area (Å²) >= 11 is 1.33. The lowest BCUT2D eigenvalue weighted by Crippen LogP contribution is -2.42. The molecular formula is C27H35N7O4S. The molecule has 3 N–H and O–H groups in total. The van der Waals surface area contributed by atoms with Crippen LogP contribution in [0.3, 0.4) is 0 Å². The molecule has 39 heavy (non-hydrogen) atoms. The van der Waals surface area contributed by atoms with Crippen molar-refractivity contribution >= 4 is 40.7 Å². The number of amides is 4. The van der Waals surface area contributed by atoms with E-state index in [0.717, 1.165) is 11.3 Å². The minimum absolute atomic E-state index is 0.201. The molecule has 0 aromatic carbocycles. The number of thiophene rings is 1. The van der Waals surface area contributed by atoms with Gasteiger partial charge in [-0.15, -0.1) is 11.3 Å². The Morgan fingerprint density at radius 2 is 1.72 bits per heavy atom. The molecule has 0 unspecified atom stereocenters. The summed E-state index contributed by atoms with van der Waals surface area (Å²) < 4.78 is 5.28. The molecule has 3 heterocycles. The normalized spacial score (nSPS) is 11.1. The van der Waals surface area contributed by atoms with Crippen LogP contribution in [0.4, 0.5) is 21.0 Å². The van der Waals surface area contributed by atoms with E-state index >= 15 is 0 Å². The highest BCUT2D eigenvalue weighted by Gasteiger charge is 2.19. The van der Waals surface area contributed by atoms with Gasteiger partial charge < -0.3 is 25.2 Å². The zero-order valence-electron chi connectivity index (χ0n) is 22.9. The Balaban J connectivity index is 1.61. The average Bonchev–Trinajstić information content (AvgIpc) is 3.30. The lowest BCUT2D eigenvalue weighted by atomic mass is 10.2. The summed E-state index contributed by atoms with van der Waals surface area (Å²) in [7, 11) is 3.89. The van der Waals surface area contributed by atoms with Crippen LogP contribution in [0.25, 0.3) is 0 Å². The van der Waals surface area contributed by atoms with E-state index in [1.54, 1.807) is 61.0 Å². The van der Waals surface area contributed by atoms with Crippen molar-refractivity contribution < 1.29 is 19.1 Å². The van der Waals surface area contributed by atoms with Gasteiger partial charge in [-0.3, -0.25) is 20.1 Å².